The van der Waals surface area contributed by atoms with Crippen molar-refractivity contribution in [2.24, 2.45) is 31.3 Å². The molecule has 4 fully saturated rings. The molecule has 18 atom stereocenters. The molecule has 292 valence electrons. The molecular weight excluding hydrogens is 730 g/mol. The number of ether oxygens (including phenoxy) is 6. The molecule has 53 heavy (non-hydrogen) atoms. The Morgan fingerprint density at radius 2 is 1.25 bits per heavy atom. The number of aliphatic hydroxyl groups excluding tert-OH is 6. The molecule has 3 aliphatic heterocycles. The first kappa shape index (κ1) is 41.6. The van der Waals surface area contributed by atoms with Gasteiger partial charge >= 0.3 is 0 Å². The molecule has 1 saturated carbocycles. The topological polar surface area (TPSA) is 447 Å². The Kier molecular flexibility index (Phi) is 14.4. The van der Waals surface area contributed by atoms with Crippen LogP contribution in [-0.4, -0.2) is 166 Å². The Hall–Kier alpha value is -4.11. The van der Waals surface area contributed by atoms with Crippen LogP contribution in [0.5, 0.6) is 0 Å². The van der Waals surface area contributed by atoms with Crippen LogP contribution in [0.4, 0.5) is 8.78 Å². The van der Waals surface area contributed by atoms with Crippen molar-refractivity contribution in [3.63, 3.8) is 0 Å². The average molecular weight is 765 g/mol. The van der Waals surface area contributed by atoms with Gasteiger partial charge in [0, 0.05) is 31.1 Å². The molecule has 0 amide bonds. The van der Waals surface area contributed by atoms with E-state index in [4.69, 9.17) is 56.3 Å². The Morgan fingerprint density at radius 1 is 0.660 bits per heavy atom. The third-order valence-electron chi connectivity index (χ3n) is 8.96. The molecule has 0 bridgehead atoms. The number of nitrogens with zero attached hydrogens (tertiary/aromatic N) is 15. The van der Waals surface area contributed by atoms with Crippen molar-refractivity contribution in [1.82, 2.24) is 0 Å². The molecule has 8 N–H and O–H groups in total. The summed E-state index contributed by atoms with van der Waals surface area (Å²) < 4.78 is 64.7. The zero-order valence-corrected chi connectivity index (χ0v) is 26.9. The van der Waals surface area contributed by atoms with E-state index in [9.17, 15) is 36.2 Å². The zero-order chi connectivity index (χ0) is 39.0. The van der Waals surface area contributed by atoms with Crippen LogP contribution in [0.25, 0.3) is 52.2 Å². The largest absolute Gasteiger partial charge is 0.394 e. The fraction of sp³-hybridized carbons (Fsp3) is 1.00. The maximum absolute atomic E-state index is 15.4. The normalized spacial score (nSPS) is 43.5. The predicted molar refractivity (Wildman–Crippen MR) is 162 cm³/mol. The molecule has 0 radical (unpaired) electrons. The van der Waals surface area contributed by atoms with E-state index in [0.29, 0.717) is 0 Å². The SMILES string of the molecule is [N-]=[N+]=NC[C@H]1O[C@H](O[C@@H]2C(N=[N+]=[N-])CC(N=[N+]=[N-])[C@H](O)[C@H]2O[C@@H]2O[C@H](CO)[C@@H](O[C@H]3O[C@@H](CN)[C@@H](O)[C@H](O)C3N=[N+]=[N-])[C@H]2O)C(N=[N+]=[N-])C(F)(F)[C@@H]1O. The lowest BCUT2D eigenvalue weighted by Gasteiger charge is -2.47. The number of azide groups is 5. The smallest absolute Gasteiger partial charge is 0.289 e. The molecule has 0 spiro atoms. The lowest BCUT2D eigenvalue weighted by atomic mass is 9.84. The van der Waals surface area contributed by atoms with Crippen LogP contribution in [-0.2, 0) is 28.4 Å². The maximum Gasteiger partial charge on any atom is 0.289 e. The Bertz CT molecular complexity index is 1530. The van der Waals surface area contributed by atoms with Crippen LogP contribution in [0.1, 0.15) is 6.42 Å². The second kappa shape index (κ2) is 18.3. The number of hydrogen-bond donors (Lipinski definition) is 7. The molecule has 4 aliphatic rings. The van der Waals surface area contributed by atoms with Crippen molar-refractivity contribution in [2.45, 2.75) is 123 Å². The van der Waals surface area contributed by atoms with Crippen molar-refractivity contribution in [3.05, 3.63) is 52.2 Å². The summed E-state index contributed by atoms with van der Waals surface area (Å²) in [6, 6.07) is -7.24. The molecule has 30 heteroatoms. The van der Waals surface area contributed by atoms with Gasteiger partial charge in [0.25, 0.3) is 5.92 Å². The number of nitrogens with two attached hydrogens (primary N) is 1. The van der Waals surface area contributed by atoms with Gasteiger partial charge in [-0.25, -0.2) is 8.78 Å². The van der Waals surface area contributed by atoms with Crippen LogP contribution in [0, 0.1) is 0 Å². The second-order valence-corrected chi connectivity index (χ2v) is 12.0. The van der Waals surface area contributed by atoms with Crippen LogP contribution in [0.15, 0.2) is 25.6 Å². The molecule has 0 aromatic rings. The molecular formula is C23H34F2N16O12. The minimum atomic E-state index is -4.29. The highest BCUT2D eigenvalue weighted by atomic mass is 19.3. The van der Waals surface area contributed by atoms with E-state index in [1.165, 1.54) is 0 Å². The Labute approximate surface area is 294 Å². The molecule has 0 aromatic heterocycles. The number of halogens is 2. The summed E-state index contributed by atoms with van der Waals surface area (Å²) in [5.41, 5.74) is 50.8. The molecule has 3 heterocycles. The lowest BCUT2D eigenvalue weighted by Crippen LogP contribution is -2.65. The Morgan fingerprint density at radius 3 is 1.85 bits per heavy atom. The van der Waals surface area contributed by atoms with Crippen LogP contribution < -0.4 is 5.73 Å². The highest BCUT2D eigenvalue weighted by molar-refractivity contribution is 5.06. The summed E-state index contributed by atoms with van der Waals surface area (Å²) in [5, 5.41) is 80.3. The van der Waals surface area contributed by atoms with Crippen molar-refractivity contribution < 1.29 is 67.8 Å². The van der Waals surface area contributed by atoms with Gasteiger partial charge in [-0.1, -0.05) is 25.6 Å². The second-order valence-electron chi connectivity index (χ2n) is 12.0. The number of rotatable bonds is 14. The molecule has 1 aliphatic carbocycles. The minimum absolute atomic E-state index is 0.345. The van der Waals surface area contributed by atoms with Gasteiger partial charge in [0.1, 0.15) is 48.8 Å². The average Bonchev–Trinajstić information content (AvgIpc) is 3.43. The van der Waals surface area contributed by atoms with Crippen molar-refractivity contribution in [2.75, 3.05) is 19.7 Å². The van der Waals surface area contributed by atoms with E-state index in [-0.39, 0.29) is 6.54 Å². The third-order valence-corrected chi connectivity index (χ3v) is 8.96. The molecule has 28 nitrogen and oxygen atoms in total. The molecule has 4 unspecified atom stereocenters. The van der Waals surface area contributed by atoms with Crippen molar-refractivity contribution >= 4 is 0 Å². The van der Waals surface area contributed by atoms with Crippen molar-refractivity contribution in [1.29, 1.82) is 0 Å². The van der Waals surface area contributed by atoms with Gasteiger partial charge < -0.3 is 64.8 Å². The van der Waals surface area contributed by atoms with E-state index in [2.05, 4.69) is 50.1 Å². The van der Waals surface area contributed by atoms with Crippen LogP contribution in [0.2, 0.25) is 0 Å². The quantitative estimate of drug-likeness (QED) is 0.0644. The molecule has 0 aromatic carbocycles. The fourth-order valence-corrected chi connectivity index (χ4v) is 6.32. The van der Waals surface area contributed by atoms with Gasteiger partial charge in [-0.05, 0) is 34.1 Å². The molecule has 3 saturated heterocycles. The van der Waals surface area contributed by atoms with Crippen molar-refractivity contribution in [3.8, 4) is 0 Å². The van der Waals surface area contributed by atoms with Crippen LogP contribution >= 0.6 is 0 Å². The first-order valence-electron chi connectivity index (χ1n) is 15.5. The van der Waals surface area contributed by atoms with E-state index in [1.54, 1.807) is 0 Å². The summed E-state index contributed by atoms with van der Waals surface area (Å²) in [5.74, 6) is -4.29. The van der Waals surface area contributed by atoms with Gasteiger partial charge in [0.05, 0.1) is 49.7 Å². The van der Waals surface area contributed by atoms with Crippen LogP contribution in [0.3, 0.4) is 0 Å². The molecule has 4 rings (SSSR count). The number of hydrogen-bond acceptors (Lipinski definition) is 18. The van der Waals surface area contributed by atoms with Gasteiger partial charge in [0.2, 0.25) is 0 Å². The summed E-state index contributed by atoms with van der Waals surface area (Å²) >= 11 is 0. The minimum Gasteiger partial charge on any atom is -0.394 e. The summed E-state index contributed by atoms with van der Waals surface area (Å²) in [6.45, 7) is -2.10. The fourth-order valence-electron chi connectivity index (χ4n) is 6.32. The maximum atomic E-state index is 15.4. The van der Waals surface area contributed by atoms with E-state index < -0.39 is 136 Å². The first-order valence-corrected chi connectivity index (χ1v) is 15.5. The van der Waals surface area contributed by atoms with Gasteiger partial charge in [0.15, 0.2) is 24.9 Å². The highest BCUT2D eigenvalue weighted by Gasteiger charge is 2.60. The summed E-state index contributed by atoms with van der Waals surface area (Å²) in [6.07, 6.45) is -26.6. The zero-order valence-electron chi connectivity index (χ0n) is 26.9. The van der Waals surface area contributed by atoms with Gasteiger partial charge in [-0.2, -0.15) is 0 Å². The monoisotopic (exact) mass is 764 g/mol. The highest BCUT2D eigenvalue weighted by Crippen LogP contribution is 2.41. The van der Waals surface area contributed by atoms with E-state index >= 15 is 8.78 Å². The standard InChI is InChI=1S/C23H34F2N16O12/c24-23(25)18(36-41-31)22(49-8(19(23)47)3-32-37-27)51-15-6(34-39-29)1-5(33-38-28)11(43)17(15)53-21-14(46)16(9(4-42)50-21)52-20-10(35-40-30)13(45)12(44)7(2-26)48-20/h5-22,42-47H,1-4,26H2/t5?,6?,7-,8+,9+,10?,11-,12+,13+,14+,15+,16+,17+,18?,19+,20+,21-,22+/m0/s1. The predicted octanol–water partition coefficient (Wildman–Crippen LogP) is -0.863. The van der Waals surface area contributed by atoms with Gasteiger partial charge in [-0.15, -0.1) is 0 Å². The lowest BCUT2D eigenvalue weighted by molar-refractivity contribution is -0.330. The van der Waals surface area contributed by atoms with Gasteiger partial charge in [-0.3, -0.25) is 0 Å². The number of alkyl halides is 2. The summed E-state index contributed by atoms with van der Waals surface area (Å²) in [4.78, 5) is 12.7. The summed E-state index contributed by atoms with van der Waals surface area (Å²) in [7, 11) is 0. The van der Waals surface area contributed by atoms with E-state index in [0.717, 1.165) is 0 Å². The van der Waals surface area contributed by atoms with E-state index in [1.807, 2.05) is 0 Å². The third kappa shape index (κ3) is 8.66. The first-order chi connectivity index (χ1) is 25.3. The number of aliphatic hydroxyl groups is 6. The Balaban J connectivity index is 1.69.